The standard InChI is InChI=1S/C16H11F8NO3S/c17-9-2-1-7(5-8(9)14(18)19)25-6-11(29(27,28)16(22,23)24)12-10(25)3-4-15(20,21)13(12)26/h1-2,5-6,13-14,26H,3-4H2. The van der Waals surface area contributed by atoms with Crippen LogP contribution >= 0.6 is 0 Å². The highest BCUT2D eigenvalue weighted by Gasteiger charge is 2.54. The third-order valence-corrected chi connectivity index (χ3v) is 6.08. The van der Waals surface area contributed by atoms with Gasteiger partial charge in [-0.1, -0.05) is 0 Å². The molecule has 0 radical (unpaired) electrons. The maximum absolute atomic E-state index is 13.9. The van der Waals surface area contributed by atoms with E-state index in [0.717, 1.165) is 6.07 Å². The van der Waals surface area contributed by atoms with Crippen molar-refractivity contribution in [2.75, 3.05) is 0 Å². The van der Waals surface area contributed by atoms with Gasteiger partial charge in [0.25, 0.3) is 22.2 Å². The van der Waals surface area contributed by atoms with E-state index in [1.54, 1.807) is 0 Å². The van der Waals surface area contributed by atoms with Gasteiger partial charge in [0, 0.05) is 29.6 Å². The number of nitrogens with zero attached hydrogens (tertiary/aromatic N) is 1. The minimum atomic E-state index is -6.16. The quantitative estimate of drug-likeness (QED) is 0.704. The first-order valence-corrected chi connectivity index (χ1v) is 9.36. The van der Waals surface area contributed by atoms with Crippen LogP contribution < -0.4 is 0 Å². The molecule has 1 aliphatic rings. The molecule has 3 rings (SSSR count). The summed E-state index contributed by atoms with van der Waals surface area (Å²) in [7, 11) is -6.16. The van der Waals surface area contributed by atoms with Gasteiger partial charge >= 0.3 is 5.51 Å². The van der Waals surface area contributed by atoms with Crippen molar-refractivity contribution in [3.63, 3.8) is 0 Å². The normalized spacial score (nSPS) is 19.4. The molecule has 29 heavy (non-hydrogen) atoms. The molecule has 0 bridgehead atoms. The van der Waals surface area contributed by atoms with Crippen molar-refractivity contribution >= 4 is 9.84 Å². The van der Waals surface area contributed by atoms with Gasteiger partial charge in [-0.05, 0) is 24.6 Å². The largest absolute Gasteiger partial charge is 0.501 e. The summed E-state index contributed by atoms with van der Waals surface area (Å²) in [5.41, 5.74) is -8.96. The summed E-state index contributed by atoms with van der Waals surface area (Å²) in [6, 6.07) is 2.00. The van der Waals surface area contributed by atoms with Gasteiger partial charge in [0.2, 0.25) is 0 Å². The van der Waals surface area contributed by atoms with Gasteiger partial charge < -0.3 is 9.67 Å². The van der Waals surface area contributed by atoms with E-state index in [1.807, 2.05) is 0 Å². The average molecular weight is 449 g/mol. The topological polar surface area (TPSA) is 59.3 Å². The van der Waals surface area contributed by atoms with Crippen LogP contribution in [0, 0.1) is 5.82 Å². The molecule has 13 heteroatoms. The third-order valence-electron chi connectivity index (χ3n) is 4.57. The van der Waals surface area contributed by atoms with Crippen molar-refractivity contribution < 1.29 is 48.6 Å². The molecule has 0 spiro atoms. The van der Waals surface area contributed by atoms with E-state index in [0.29, 0.717) is 22.9 Å². The second-order valence-electron chi connectivity index (χ2n) is 6.34. The SMILES string of the molecule is O=S(=O)(c1cn(-c2ccc(F)c(C(F)F)c2)c2c1C(O)C(F)(F)CC2)C(F)(F)F. The maximum Gasteiger partial charge on any atom is 0.501 e. The Balaban J connectivity index is 2.33. The van der Waals surface area contributed by atoms with E-state index in [-0.39, 0.29) is 5.69 Å². The van der Waals surface area contributed by atoms with E-state index < -0.39 is 74.2 Å². The van der Waals surface area contributed by atoms with Crippen LogP contribution in [0.1, 0.15) is 35.8 Å². The molecule has 1 aromatic heterocycles. The molecule has 0 aliphatic heterocycles. The summed E-state index contributed by atoms with van der Waals surface area (Å²) in [6.45, 7) is 0. The lowest BCUT2D eigenvalue weighted by Crippen LogP contribution is -2.34. The van der Waals surface area contributed by atoms with Gasteiger partial charge in [0.15, 0.2) is 0 Å². The van der Waals surface area contributed by atoms with E-state index >= 15 is 0 Å². The molecule has 1 N–H and O–H groups in total. The zero-order valence-electron chi connectivity index (χ0n) is 14.0. The Bertz CT molecular complexity index is 1060. The summed E-state index contributed by atoms with van der Waals surface area (Å²) in [5, 5.41) is 9.87. The van der Waals surface area contributed by atoms with Gasteiger partial charge in [-0.25, -0.2) is 30.4 Å². The second kappa shape index (κ2) is 6.69. The highest BCUT2D eigenvalue weighted by Crippen LogP contribution is 2.47. The van der Waals surface area contributed by atoms with Gasteiger partial charge in [0.05, 0.1) is 5.56 Å². The number of aliphatic hydroxyl groups excluding tert-OH is 1. The molecule has 1 heterocycles. The van der Waals surface area contributed by atoms with Crippen LogP contribution in [-0.4, -0.2) is 29.5 Å². The van der Waals surface area contributed by atoms with Crippen molar-refractivity contribution in [2.45, 2.75) is 41.7 Å². The van der Waals surface area contributed by atoms with E-state index in [2.05, 4.69) is 0 Å². The van der Waals surface area contributed by atoms with E-state index in [4.69, 9.17) is 0 Å². The Labute approximate surface area is 158 Å². The Kier molecular flexibility index (Phi) is 4.97. The number of rotatable bonds is 3. The van der Waals surface area contributed by atoms with Gasteiger partial charge in [-0.15, -0.1) is 0 Å². The van der Waals surface area contributed by atoms with Crippen LogP contribution in [0.25, 0.3) is 5.69 Å². The van der Waals surface area contributed by atoms with Crippen LogP contribution in [0.2, 0.25) is 0 Å². The zero-order chi connectivity index (χ0) is 21.9. The number of fused-ring (bicyclic) bond motifs is 1. The summed E-state index contributed by atoms with van der Waals surface area (Å²) >= 11 is 0. The van der Waals surface area contributed by atoms with Crippen LogP contribution in [0.5, 0.6) is 0 Å². The van der Waals surface area contributed by atoms with E-state index in [9.17, 15) is 48.6 Å². The van der Waals surface area contributed by atoms with Crippen LogP contribution in [0.3, 0.4) is 0 Å². The molecule has 2 aromatic rings. The summed E-state index contributed by atoms with van der Waals surface area (Å²) < 4.78 is 131. The number of aliphatic hydroxyl groups is 1. The molecule has 1 atom stereocenters. The number of aromatic nitrogens is 1. The highest BCUT2D eigenvalue weighted by molar-refractivity contribution is 7.92. The molecule has 0 amide bonds. The molecular weight excluding hydrogens is 438 g/mol. The van der Waals surface area contributed by atoms with E-state index in [1.165, 1.54) is 0 Å². The number of alkyl halides is 7. The fourth-order valence-electron chi connectivity index (χ4n) is 3.13. The van der Waals surface area contributed by atoms with Crippen LogP contribution in [-0.2, 0) is 16.3 Å². The summed E-state index contributed by atoms with van der Waals surface area (Å²) in [6.07, 6.45) is -7.53. The smallest absolute Gasteiger partial charge is 0.382 e. The Morgan fingerprint density at radius 1 is 1.21 bits per heavy atom. The van der Waals surface area contributed by atoms with Gasteiger partial charge in [-0.3, -0.25) is 0 Å². The number of halogens is 8. The van der Waals surface area contributed by atoms with Crippen LogP contribution in [0.4, 0.5) is 35.1 Å². The van der Waals surface area contributed by atoms with Crippen LogP contribution in [0.15, 0.2) is 29.3 Å². The number of benzene rings is 1. The minimum Gasteiger partial charge on any atom is -0.382 e. The Morgan fingerprint density at radius 2 is 1.83 bits per heavy atom. The Hall–Kier alpha value is -2.15. The molecule has 0 fully saturated rings. The molecule has 4 nitrogen and oxygen atoms in total. The summed E-state index contributed by atoms with van der Waals surface area (Å²) in [5.74, 6) is -5.23. The van der Waals surface area contributed by atoms with Gasteiger partial charge in [-0.2, -0.15) is 13.2 Å². The molecule has 1 aliphatic carbocycles. The zero-order valence-corrected chi connectivity index (χ0v) is 14.8. The second-order valence-corrected chi connectivity index (χ2v) is 8.25. The lowest BCUT2D eigenvalue weighted by molar-refractivity contribution is -0.123. The minimum absolute atomic E-state index is 0.320. The Morgan fingerprint density at radius 3 is 2.38 bits per heavy atom. The van der Waals surface area contributed by atoms with Crippen molar-refractivity contribution in [1.82, 2.24) is 4.57 Å². The monoisotopic (exact) mass is 449 g/mol. The first kappa shape index (κ1) is 21.6. The number of sulfone groups is 1. The lowest BCUT2D eigenvalue weighted by Gasteiger charge is -2.29. The van der Waals surface area contributed by atoms with Gasteiger partial charge in [0.1, 0.15) is 16.8 Å². The fraction of sp³-hybridized carbons (Fsp3) is 0.375. The van der Waals surface area contributed by atoms with Crippen molar-refractivity contribution in [1.29, 1.82) is 0 Å². The predicted octanol–water partition coefficient (Wildman–Crippen LogP) is 4.46. The molecule has 1 aromatic carbocycles. The molecular formula is C16H11F8NO3S. The molecule has 160 valence electrons. The van der Waals surface area contributed by atoms with Crippen molar-refractivity contribution in [2.24, 2.45) is 0 Å². The first-order chi connectivity index (χ1) is 13.2. The number of hydrogen-bond donors (Lipinski definition) is 1. The third kappa shape index (κ3) is 3.39. The lowest BCUT2D eigenvalue weighted by atomic mass is 9.91. The van der Waals surface area contributed by atoms with Crippen molar-refractivity contribution in [3.05, 3.63) is 47.0 Å². The fourth-order valence-corrected chi connectivity index (χ4v) is 4.15. The molecule has 0 saturated heterocycles. The average Bonchev–Trinajstić information content (AvgIpc) is 2.98. The first-order valence-electron chi connectivity index (χ1n) is 7.88. The maximum atomic E-state index is 13.9. The predicted molar refractivity (Wildman–Crippen MR) is 82.2 cm³/mol. The number of hydrogen-bond acceptors (Lipinski definition) is 3. The van der Waals surface area contributed by atoms with Crippen molar-refractivity contribution in [3.8, 4) is 5.69 Å². The molecule has 1 unspecified atom stereocenters. The highest BCUT2D eigenvalue weighted by atomic mass is 32.2. The summed E-state index contributed by atoms with van der Waals surface area (Å²) in [4.78, 5) is -1.62. The molecule has 0 saturated carbocycles.